The van der Waals surface area contributed by atoms with E-state index >= 15 is 0 Å². The van der Waals surface area contributed by atoms with Crippen molar-refractivity contribution >= 4 is 11.7 Å². The molecule has 1 aliphatic rings. The smallest absolute Gasteiger partial charge is 0.422 e. The summed E-state index contributed by atoms with van der Waals surface area (Å²) in [6, 6.07) is 5.16. The van der Waals surface area contributed by atoms with Crippen LogP contribution >= 0.6 is 0 Å². The van der Waals surface area contributed by atoms with E-state index in [0.717, 1.165) is 12.8 Å². The van der Waals surface area contributed by atoms with Crippen LogP contribution in [-0.4, -0.2) is 48.0 Å². The number of nitrogens with one attached hydrogen (secondary N) is 1. The van der Waals surface area contributed by atoms with Gasteiger partial charge in [-0.2, -0.15) is 13.2 Å². The highest BCUT2D eigenvalue weighted by atomic mass is 19.4. The topological polar surface area (TPSA) is 61.8 Å². The molecule has 1 atom stereocenters. The Kier molecular flexibility index (Phi) is 5.12. The maximum Gasteiger partial charge on any atom is 0.422 e. The molecule has 1 heterocycles. The van der Waals surface area contributed by atoms with E-state index in [0.29, 0.717) is 12.2 Å². The molecule has 0 aromatic heterocycles. The Morgan fingerprint density at radius 3 is 2.91 bits per heavy atom. The lowest BCUT2D eigenvalue weighted by molar-refractivity contribution is -0.153. The average Bonchev–Trinajstić information content (AvgIpc) is 2.93. The predicted molar refractivity (Wildman–Crippen MR) is 73.8 cm³/mol. The van der Waals surface area contributed by atoms with Gasteiger partial charge in [0.15, 0.2) is 6.61 Å². The van der Waals surface area contributed by atoms with Crippen LogP contribution in [0.25, 0.3) is 0 Å². The van der Waals surface area contributed by atoms with Crippen molar-refractivity contribution in [3.8, 4) is 5.75 Å². The average molecular weight is 318 g/mol. The predicted octanol–water partition coefficient (Wildman–Crippen LogP) is 2.62. The van der Waals surface area contributed by atoms with Crippen LogP contribution in [0.5, 0.6) is 5.75 Å². The van der Waals surface area contributed by atoms with Gasteiger partial charge in [-0.05, 0) is 25.0 Å². The minimum Gasteiger partial charge on any atom is -0.484 e. The van der Waals surface area contributed by atoms with Gasteiger partial charge >= 0.3 is 12.2 Å². The van der Waals surface area contributed by atoms with Gasteiger partial charge < -0.3 is 20.1 Å². The summed E-state index contributed by atoms with van der Waals surface area (Å²) in [5.41, 5.74) is 0.341. The van der Waals surface area contributed by atoms with Gasteiger partial charge in [0.1, 0.15) is 5.75 Å². The van der Waals surface area contributed by atoms with E-state index in [4.69, 9.17) is 0 Å². The van der Waals surface area contributed by atoms with Crippen LogP contribution in [-0.2, 0) is 0 Å². The zero-order chi connectivity index (χ0) is 16.2. The Balaban J connectivity index is 1.96. The molecule has 122 valence electrons. The second kappa shape index (κ2) is 6.87. The van der Waals surface area contributed by atoms with Crippen LogP contribution in [0.3, 0.4) is 0 Å². The van der Waals surface area contributed by atoms with Crippen LogP contribution in [0, 0.1) is 0 Å². The van der Waals surface area contributed by atoms with E-state index in [2.05, 4.69) is 10.1 Å². The van der Waals surface area contributed by atoms with Crippen molar-refractivity contribution in [2.45, 2.75) is 25.1 Å². The summed E-state index contributed by atoms with van der Waals surface area (Å²) in [6.45, 7) is -0.952. The number of anilines is 1. The largest absolute Gasteiger partial charge is 0.484 e. The molecule has 5 nitrogen and oxygen atoms in total. The third kappa shape index (κ3) is 4.52. The molecule has 2 N–H and O–H groups in total. The lowest BCUT2D eigenvalue weighted by atomic mass is 10.2. The molecule has 1 fully saturated rings. The van der Waals surface area contributed by atoms with Crippen molar-refractivity contribution in [2.24, 2.45) is 0 Å². The number of aliphatic hydroxyl groups is 1. The monoisotopic (exact) mass is 318 g/mol. The number of carbonyl (C=O) groups is 1. The molecule has 1 saturated heterocycles. The molecule has 1 aliphatic heterocycles. The van der Waals surface area contributed by atoms with E-state index in [9.17, 15) is 23.1 Å². The van der Waals surface area contributed by atoms with Crippen molar-refractivity contribution in [1.29, 1.82) is 0 Å². The molecule has 1 aromatic carbocycles. The van der Waals surface area contributed by atoms with Gasteiger partial charge in [-0.1, -0.05) is 6.07 Å². The minimum atomic E-state index is -4.41. The van der Waals surface area contributed by atoms with Gasteiger partial charge in [-0.25, -0.2) is 4.79 Å². The number of benzene rings is 1. The van der Waals surface area contributed by atoms with E-state index in [1.165, 1.54) is 23.1 Å². The molecular formula is C14H17F3N2O3. The molecule has 8 heteroatoms. The Bertz CT molecular complexity index is 522. The number of nitrogens with zero attached hydrogens (tertiary/aromatic N) is 1. The number of carbonyl (C=O) groups excluding carboxylic acids is 1. The molecule has 1 aromatic rings. The molecule has 0 bridgehead atoms. The zero-order valence-corrected chi connectivity index (χ0v) is 11.8. The second-order valence-electron chi connectivity index (χ2n) is 5.03. The van der Waals surface area contributed by atoms with E-state index in [1.54, 1.807) is 6.07 Å². The molecule has 0 saturated carbocycles. The van der Waals surface area contributed by atoms with Gasteiger partial charge in [-0.3, -0.25) is 0 Å². The second-order valence-corrected chi connectivity index (χ2v) is 5.03. The molecule has 22 heavy (non-hydrogen) atoms. The molecule has 0 radical (unpaired) electrons. The fourth-order valence-corrected chi connectivity index (χ4v) is 2.32. The van der Waals surface area contributed by atoms with Gasteiger partial charge in [0.2, 0.25) is 0 Å². The van der Waals surface area contributed by atoms with Gasteiger partial charge in [0.05, 0.1) is 12.6 Å². The zero-order valence-electron chi connectivity index (χ0n) is 11.8. The SMILES string of the molecule is O=C(Nc1cccc(OCC(F)(F)F)c1)N1CCC[C@@H]1CO. The fraction of sp³-hybridized carbons (Fsp3) is 0.500. The first-order chi connectivity index (χ1) is 10.4. The van der Waals surface area contributed by atoms with Gasteiger partial charge in [0.25, 0.3) is 0 Å². The van der Waals surface area contributed by atoms with Gasteiger partial charge in [0, 0.05) is 18.3 Å². The number of aliphatic hydroxyl groups excluding tert-OH is 1. The number of rotatable bonds is 4. The van der Waals surface area contributed by atoms with E-state index in [1.807, 2.05) is 0 Å². The molecular weight excluding hydrogens is 301 g/mol. The van der Waals surface area contributed by atoms with Crippen LogP contribution in [0.15, 0.2) is 24.3 Å². The third-order valence-electron chi connectivity index (χ3n) is 3.34. The van der Waals surface area contributed by atoms with Crippen LogP contribution in [0.4, 0.5) is 23.7 Å². The van der Waals surface area contributed by atoms with Crippen molar-refractivity contribution in [3.63, 3.8) is 0 Å². The summed E-state index contributed by atoms with van der Waals surface area (Å²) < 4.78 is 41.0. The lowest BCUT2D eigenvalue weighted by Crippen LogP contribution is -2.40. The minimum absolute atomic E-state index is 0.0234. The highest BCUT2D eigenvalue weighted by Gasteiger charge is 2.29. The highest BCUT2D eigenvalue weighted by Crippen LogP contribution is 2.23. The molecule has 0 aliphatic carbocycles. The molecule has 2 rings (SSSR count). The number of urea groups is 1. The number of hydrogen-bond donors (Lipinski definition) is 2. The first-order valence-corrected chi connectivity index (χ1v) is 6.87. The molecule has 0 unspecified atom stereocenters. The Labute approximate surface area is 125 Å². The number of hydrogen-bond acceptors (Lipinski definition) is 3. The number of ether oxygens (including phenoxy) is 1. The van der Waals surface area contributed by atoms with Crippen molar-refractivity contribution < 1.29 is 27.8 Å². The molecule has 2 amide bonds. The summed E-state index contributed by atoms with van der Waals surface area (Å²) in [5, 5.41) is 11.8. The van der Waals surface area contributed by atoms with Crippen molar-refractivity contribution in [3.05, 3.63) is 24.3 Å². The summed E-state index contributed by atoms with van der Waals surface area (Å²) in [7, 11) is 0. The Morgan fingerprint density at radius 2 is 2.23 bits per heavy atom. The van der Waals surface area contributed by atoms with E-state index in [-0.39, 0.29) is 24.4 Å². The van der Waals surface area contributed by atoms with Crippen LogP contribution < -0.4 is 10.1 Å². The lowest BCUT2D eigenvalue weighted by Gasteiger charge is -2.23. The highest BCUT2D eigenvalue weighted by molar-refractivity contribution is 5.89. The Morgan fingerprint density at radius 1 is 1.45 bits per heavy atom. The third-order valence-corrected chi connectivity index (χ3v) is 3.34. The first kappa shape index (κ1) is 16.4. The van der Waals surface area contributed by atoms with Gasteiger partial charge in [-0.15, -0.1) is 0 Å². The summed E-state index contributed by atoms with van der Waals surface area (Å²) in [5.74, 6) is 0.0234. The normalized spacial score (nSPS) is 18.4. The maximum atomic E-state index is 12.1. The standard InChI is InChI=1S/C14H17F3N2O3/c15-14(16,17)9-22-12-5-1-3-10(7-12)18-13(21)19-6-2-4-11(19)8-20/h1,3,5,7,11,20H,2,4,6,8-9H2,(H,18,21)/t11-/m1/s1. The number of amides is 2. The number of alkyl halides is 3. The van der Waals surface area contributed by atoms with Crippen molar-refractivity contribution in [1.82, 2.24) is 4.90 Å². The quantitative estimate of drug-likeness (QED) is 0.897. The summed E-state index contributed by atoms with van der Waals surface area (Å²) in [4.78, 5) is 13.6. The summed E-state index contributed by atoms with van der Waals surface area (Å²) in [6.07, 6.45) is -2.87. The number of halogens is 3. The maximum absolute atomic E-state index is 12.1. The van der Waals surface area contributed by atoms with Crippen LogP contribution in [0.2, 0.25) is 0 Å². The molecule has 0 spiro atoms. The first-order valence-electron chi connectivity index (χ1n) is 6.87. The Hall–Kier alpha value is -1.96. The summed E-state index contributed by atoms with van der Waals surface area (Å²) >= 11 is 0. The fourth-order valence-electron chi connectivity index (χ4n) is 2.32. The van der Waals surface area contributed by atoms with Crippen molar-refractivity contribution in [2.75, 3.05) is 25.1 Å². The van der Waals surface area contributed by atoms with E-state index < -0.39 is 12.8 Å². The number of likely N-dealkylation sites (tertiary alicyclic amines) is 1. The van der Waals surface area contributed by atoms with Crippen LogP contribution in [0.1, 0.15) is 12.8 Å².